The Morgan fingerprint density at radius 2 is 2.40 bits per heavy atom. The third kappa shape index (κ3) is 3.54. The van der Waals surface area contributed by atoms with Crippen LogP contribution in [0.4, 0.5) is 0 Å². The molecular weight excluding hydrogens is 256 g/mol. The average Bonchev–Trinajstić information content (AvgIpc) is 2.52. The summed E-state index contributed by atoms with van der Waals surface area (Å²) in [5.41, 5.74) is 1.03. The summed E-state index contributed by atoms with van der Waals surface area (Å²) in [5.74, 6) is -0.101. The molecule has 108 valence electrons. The van der Waals surface area contributed by atoms with Gasteiger partial charge in [-0.2, -0.15) is 0 Å². The van der Waals surface area contributed by atoms with E-state index in [0.29, 0.717) is 25.9 Å². The number of rotatable bonds is 4. The fraction of sp³-hybridized carbons (Fsp3) is 0.500. The molecule has 1 aromatic rings. The zero-order valence-electron chi connectivity index (χ0n) is 11.6. The number of hydrogen-bond donors (Lipinski definition) is 2. The quantitative estimate of drug-likeness (QED) is 0.782. The molecule has 0 spiro atoms. The van der Waals surface area contributed by atoms with E-state index in [1.54, 1.807) is 24.3 Å². The molecule has 1 atom stereocenters. The first-order chi connectivity index (χ1) is 9.72. The van der Waals surface area contributed by atoms with Gasteiger partial charge in [0.25, 0.3) is 0 Å². The summed E-state index contributed by atoms with van der Waals surface area (Å²) in [4.78, 5) is 29.8. The van der Waals surface area contributed by atoms with Crippen LogP contribution in [-0.2, 0) is 16.0 Å². The van der Waals surface area contributed by atoms with Crippen LogP contribution in [0.2, 0.25) is 0 Å². The molecule has 1 aromatic heterocycles. The highest BCUT2D eigenvalue weighted by Crippen LogP contribution is 2.09. The highest BCUT2D eigenvalue weighted by atomic mass is 16.2. The summed E-state index contributed by atoms with van der Waals surface area (Å²) in [6.45, 7) is 1.81. The molecule has 1 aliphatic rings. The lowest BCUT2D eigenvalue weighted by molar-refractivity contribution is -0.141. The van der Waals surface area contributed by atoms with Crippen LogP contribution in [0.25, 0.3) is 0 Å². The molecule has 0 radical (unpaired) electrons. The largest absolute Gasteiger partial charge is 0.357 e. The first-order valence-electron chi connectivity index (χ1n) is 6.83. The van der Waals surface area contributed by atoms with Crippen molar-refractivity contribution in [3.8, 4) is 0 Å². The summed E-state index contributed by atoms with van der Waals surface area (Å²) < 4.78 is 0. The van der Waals surface area contributed by atoms with Gasteiger partial charge in [0, 0.05) is 45.5 Å². The Bertz CT molecular complexity index is 464. The molecular formula is C14H20N4O2. The second-order valence-corrected chi connectivity index (χ2v) is 4.78. The lowest BCUT2D eigenvalue weighted by Gasteiger charge is -2.35. The maximum atomic E-state index is 12.3. The molecule has 0 saturated carbocycles. The first-order valence-corrected chi connectivity index (χ1v) is 6.83. The number of aromatic nitrogens is 1. The van der Waals surface area contributed by atoms with E-state index in [1.807, 2.05) is 12.1 Å². The summed E-state index contributed by atoms with van der Waals surface area (Å²) in [5, 5.41) is 5.75. The number of pyridine rings is 1. The minimum Gasteiger partial charge on any atom is -0.357 e. The van der Waals surface area contributed by atoms with Crippen molar-refractivity contribution in [1.29, 1.82) is 0 Å². The van der Waals surface area contributed by atoms with Crippen molar-refractivity contribution in [3.63, 3.8) is 0 Å². The number of nitrogens with zero attached hydrogens (tertiary/aromatic N) is 2. The van der Waals surface area contributed by atoms with Gasteiger partial charge in [0.05, 0.1) is 0 Å². The zero-order chi connectivity index (χ0) is 14.4. The van der Waals surface area contributed by atoms with Gasteiger partial charge < -0.3 is 15.5 Å². The van der Waals surface area contributed by atoms with Gasteiger partial charge in [-0.25, -0.2) is 0 Å². The molecule has 0 bridgehead atoms. The van der Waals surface area contributed by atoms with Crippen molar-refractivity contribution < 1.29 is 9.59 Å². The van der Waals surface area contributed by atoms with E-state index in [0.717, 1.165) is 12.1 Å². The SMILES string of the molecule is CNC(=O)C1CNCCN1C(=O)CCc1cccnc1. The molecule has 20 heavy (non-hydrogen) atoms. The van der Waals surface area contributed by atoms with Crippen molar-refractivity contribution >= 4 is 11.8 Å². The van der Waals surface area contributed by atoms with E-state index in [1.165, 1.54) is 0 Å². The molecule has 0 aromatic carbocycles. The predicted octanol–water partition coefficient (Wildman–Crippen LogP) is -0.439. The maximum Gasteiger partial charge on any atom is 0.243 e. The third-order valence-electron chi connectivity index (χ3n) is 3.46. The van der Waals surface area contributed by atoms with Crippen LogP contribution in [0.1, 0.15) is 12.0 Å². The normalized spacial score (nSPS) is 18.6. The van der Waals surface area contributed by atoms with Crippen molar-refractivity contribution in [1.82, 2.24) is 20.5 Å². The van der Waals surface area contributed by atoms with E-state index in [4.69, 9.17) is 0 Å². The molecule has 2 rings (SSSR count). The Balaban J connectivity index is 1.94. The van der Waals surface area contributed by atoms with Crippen LogP contribution in [0.15, 0.2) is 24.5 Å². The van der Waals surface area contributed by atoms with Gasteiger partial charge in [-0.3, -0.25) is 14.6 Å². The van der Waals surface area contributed by atoms with Crippen LogP contribution in [0, 0.1) is 0 Å². The Hall–Kier alpha value is -1.95. The minimum absolute atomic E-state index is 0.0175. The Morgan fingerprint density at radius 1 is 1.55 bits per heavy atom. The van der Waals surface area contributed by atoms with Gasteiger partial charge in [0.1, 0.15) is 6.04 Å². The van der Waals surface area contributed by atoms with Crippen molar-refractivity contribution in [2.24, 2.45) is 0 Å². The number of nitrogens with one attached hydrogen (secondary N) is 2. The molecule has 1 unspecified atom stereocenters. The van der Waals surface area contributed by atoms with Gasteiger partial charge >= 0.3 is 0 Å². The summed E-state index contributed by atoms with van der Waals surface area (Å²) in [6.07, 6.45) is 4.53. The molecule has 6 nitrogen and oxygen atoms in total. The van der Waals surface area contributed by atoms with E-state index < -0.39 is 6.04 Å². The van der Waals surface area contributed by atoms with Crippen molar-refractivity contribution in [2.75, 3.05) is 26.7 Å². The van der Waals surface area contributed by atoms with Crippen molar-refractivity contribution in [3.05, 3.63) is 30.1 Å². The lowest BCUT2D eigenvalue weighted by atomic mass is 10.1. The third-order valence-corrected chi connectivity index (χ3v) is 3.46. The van der Waals surface area contributed by atoms with Gasteiger partial charge in [-0.15, -0.1) is 0 Å². The van der Waals surface area contributed by atoms with Crippen molar-refractivity contribution in [2.45, 2.75) is 18.9 Å². The molecule has 2 N–H and O–H groups in total. The highest BCUT2D eigenvalue weighted by molar-refractivity contribution is 5.88. The van der Waals surface area contributed by atoms with Gasteiger partial charge in [-0.05, 0) is 18.1 Å². The van der Waals surface area contributed by atoms with Crippen LogP contribution >= 0.6 is 0 Å². The summed E-state index contributed by atoms with van der Waals surface area (Å²) in [7, 11) is 1.59. The van der Waals surface area contributed by atoms with Gasteiger partial charge in [-0.1, -0.05) is 6.07 Å². The standard InChI is InChI=1S/C14H20N4O2/c1-15-14(20)12-10-17-7-8-18(12)13(19)5-4-11-3-2-6-16-9-11/h2-3,6,9,12,17H,4-5,7-8,10H2,1H3,(H,15,20). The minimum atomic E-state index is -0.407. The number of carbonyl (C=O) groups is 2. The zero-order valence-corrected chi connectivity index (χ0v) is 11.6. The predicted molar refractivity (Wildman–Crippen MR) is 75.0 cm³/mol. The van der Waals surface area contributed by atoms with Crippen LogP contribution in [0.5, 0.6) is 0 Å². The second-order valence-electron chi connectivity index (χ2n) is 4.78. The number of likely N-dealkylation sites (N-methyl/N-ethyl adjacent to an activating group) is 1. The molecule has 1 fully saturated rings. The Morgan fingerprint density at radius 3 is 3.10 bits per heavy atom. The summed E-state index contributed by atoms with van der Waals surface area (Å²) in [6, 6.07) is 3.40. The average molecular weight is 276 g/mol. The number of piperazine rings is 1. The fourth-order valence-corrected chi connectivity index (χ4v) is 2.34. The first kappa shape index (κ1) is 14.5. The molecule has 1 aliphatic heterocycles. The number of aryl methyl sites for hydroxylation is 1. The van der Waals surface area contributed by atoms with E-state index in [2.05, 4.69) is 15.6 Å². The fourth-order valence-electron chi connectivity index (χ4n) is 2.34. The van der Waals surface area contributed by atoms with E-state index >= 15 is 0 Å². The molecule has 2 amide bonds. The lowest BCUT2D eigenvalue weighted by Crippen LogP contribution is -2.59. The monoisotopic (exact) mass is 276 g/mol. The number of hydrogen-bond acceptors (Lipinski definition) is 4. The van der Waals surface area contributed by atoms with Crippen LogP contribution < -0.4 is 10.6 Å². The maximum absolute atomic E-state index is 12.3. The molecule has 0 aliphatic carbocycles. The highest BCUT2D eigenvalue weighted by Gasteiger charge is 2.30. The van der Waals surface area contributed by atoms with E-state index in [9.17, 15) is 9.59 Å². The van der Waals surface area contributed by atoms with Crippen LogP contribution in [0.3, 0.4) is 0 Å². The summed E-state index contributed by atoms with van der Waals surface area (Å²) >= 11 is 0. The topological polar surface area (TPSA) is 74.3 Å². The Labute approximate surface area is 118 Å². The molecule has 2 heterocycles. The number of carbonyl (C=O) groups excluding carboxylic acids is 2. The van der Waals surface area contributed by atoms with Crippen LogP contribution in [-0.4, -0.2) is 54.4 Å². The molecule has 6 heteroatoms. The second kappa shape index (κ2) is 7.00. The van der Waals surface area contributed by atoms with Gasteiger partial charge in [0.15, 0.2) is 0 Å². The Kier molecular flexibility index (Phi) is 5.06. The number of amides is 2. The molecule has 1 saturated heterocycles. The van der Waals surface area contributed by atoms with Gasteiger partial charge in [0.2, 0.25) is 11.8 Å². The van der Waals surface area contributed by atoms with E-state index in [-0.39, 0.29) is 11.8 Å². The smallest absolute Gasteiger partial charge is 0.243 e.